The monoisotopic (exact) mass is 342 g/mol. The summed E-state index contributed by atoms with van der Waals surface area (Å²) in [5, 5.41) is 0. The van der Waals surface area contributed by atoms with Crippen molar-refractivity contribution < 1.29 is 28.7 Å². The second-order valence-electron chi connectivity index (χ2n) is 5.43. The predicted molar refractivity (Wildman–Crippen MR) is 80.1 cm³/mol. The molecular weight excluding hydrogens is 320 g/mol. The summed E-state index contributed by atoms with van der Waals surface area (Å²) < 4.78 is 9.90. The van der Waals surface area contributed by atoms with Crippen molar-refractivity contribution >= 4 is 24.0 Å². The number of hydrogen-bond acceptors (Lipinski definition) is 6. The van der Waals surface area contributed by atoms with Crippen LogP contribution in [0.25, 0.3) is 0 Å². The third-order valence-corrected chi connectivity index (χ3v) is 4.02. The standard InChI is InChI=1S/C14H22N4O6/c1-5-15-11-12(16(6-2)13(15)21)18(8-24-10(4)20)14(22)17(11)7-23-9(3)19/h11-12H,5-8H2,1-4H3/t11-,12-/m0/s1. The van der Waals surface area contributed by atoms with Gasteiger partial charge in [-0.15, -0.1) is 0 Å². The zero-order valence-electron chi connectivity index (χ0n) is 14.2. The van der Waals surface area contributed by atoms with E-state index in [1.54, 1.807) is 13.8 Å². The molecule has 0 aromatic rings. The van der Waals surface area contributed by atoms with E-state index in [1.165, 1.54) is 33.4 Å². The van der Waals surface area contributed by atoms with Crippen molar-refractivity contribution in [2.24, 2.45) is 0 Å². The normalized spacial score (nSPS) is 23.0. The van der Waals surface area contributed by atoms with Crippen LogP contribution in [0, 0.1) is 0 Å². The molecule has 0 aromatic heterocycles. The van der Waals surface area contributed by atoms with Crippen molar-refractivity contribution in [3.8, 4) is 0 Å². The van der Waals surface area contributed by atoms with Crippen molar-refractivity contribution in [1.29, 1.82) is 0 Å². The molecule has 2 aliphatic rings. The molecule has 0 radical (unpaired) electrons. The van der Waals surface area contributed by atoms with E-state index in [9.17, 15) is 19.2 Å². The Morgan fingerprint density at radius 2 is 1.12 bits per heavy atom. The highest BCUT2D eigenvalue weighted by Crippen LogP contribution is 2.34. The molecule has 2 heterocycles. The number of ether oxygens (including phenoxy) is 2. The van der Waals surface area contributed by atoms with Gasteiger partial charge in [-0.25, -0.2) is 9.59 Å². The number of carbonyl (C=O) groups excluding carboxylic acids is 4. The molecule has 2 atom stereocenters. The van der Waals surface area contributed by atoms with Crippen LogP contribution in [0.5, 0.6) is 0 Å². The second-order valence-corrected chi connectivity index (χ2v) is 5.43. The molecule has 0 bridgehead atoms. The minimum atomic E-state index is -0.607. The molecule has 134 valence electrons. The van der Waals surface area contributed by atoms with Crippen LogP contribution >= 0.6 is 0 Å². The van der Waals surface area contributed by atoms with Gasteiger partial charge >= 0.3 is 24.0 Å². The van der Waals surface area contributed by atoms with Gasteiger partial charge < -0.3 is 19.3 Å². The van der Waals surface area contributed by atoms with Crippen LogP contribution in [0.3, 0.4) is 0 Å². The highest BCUT2D eigenvalue weighted by atomic mass is 16.6. The molecule has 0 saturated carbocycles. The Balaban J connectivity index is 2.32. The van der Waals surface area contributed by atoms with Crippen molar-refractivity contribution in [2.75, 3.05) is 26.6 Å². The molecule has 0 spiro atoms. The summed E-state index contributed by atoms with van der Waals surface area (Å²) in [6, 6.07) is -0.681. The molecule has 10 heteroatoms. The number of fused-ring (bicyclic) bond motifs is 1. The van der Waals surface area contributed by atoms with Gasteiger partial charge in [-0.05, 0) is 13.8 Å². The molecule has 2 rings (SSSR count). The van der Waals surface area contributed by atoms with E-state index in [0.29, 0.717) is 13.1 Å². The second kappa shape index (κ2) is 6.93. The quantitative estimate of drug-likeness (QED) is 0.639. The van der Waals surface area contributed by atoms with Crippen LogP contribution in [0.15, 0.2) is 0 Å². The molecule has 0 aromatic carbocycles. The third-order valence-electron chi connectivity index (χ3n) is 4.02. The average molecular weight is 342 g/mol. The van der Waals surface area contributed by atoms with Crippen LogP contribution < -0.4 is 0 Å². The van der Waals surface area contributed by atoms with Crippen molar-refractivity contribution in [3.05, 3.63) is 0 Å². The number of rotatable bonds is 6. The maximum Gasteiger partial charge on any atom is 0.328 e. The summed E-state index contributed by atoms with van der Waals surface area (Å²) in [5.41, 5.74) is 0. The Kier molecular flexibility index (Phi) is 5.15. The number of nitrogens with zero attached hydrogens (tertiary/aromatic N) is 4. The first-order valence-electron chi connectivity index (χ1n) is 7.74. The summed E-state index contributed by atoms with van der Waals surface area (Å²) in [6.45, 7) is 6.33. The molecular formula is C14H22N4O6. The van der Waals surface area contributed by atoms with E-state index >= 15 is 0 Å². The first kappa shape index (κ1) is 17.8. The molecule has 0 aliphatic carbocycles. The lowest BCUT2D eigenvalue weighted by Crippen LogP contribution is -2.47. The first-order chi connectivity index (χ1) is 11.3. The predicted octanol–water partition coefficient (Wildman–Crippen LogP) is 0.195. The van der Waals surface area contributed by atoms with Crippen LogP contribution in [-0.4, -0.2) is 82.5 Å². The molecule has 4 amide bonds. The Labute approximate surface area is 139 Å². The van der Waals surface area contributed by atoms with Gasteiger partial charge in [-0.2, -0.15) is 0 Å². The minimum Gasteiger partial charge on any atom is -0.444 e. The summed E-state index contributed by atoms with van der Waals surface area (Å²) in [5.74, 6) is -1.06. The van der Waals surface area contributed by atoms with E-state index in [4.69, 9.17) is 9.47 Å². The summed E-state index contributed by atoms with van der Waals surface area (Å²) >= 11 is 0. The lowest BCUT2D eigenvalue weighted by atomic mass is 10.3. The van der Waals surface area contributed by atoms with Gasteiger partial charge in [0.1, 0.15) is 0 Å². The van der Waals surface area contributed by atoms with Gasteiger partial charge in [0.25, 0.3) is 0 Å². The molecule has 2 fully saturated rings. The first-order valence-corrected chi connectivity index (χ1v) is 7.74. The number of urea groups is 2. The average Bonchev–Trinajstić information content (AvgIpc) is 2.93. The Bertz CT molecular complexity index is 509. The van der Waals surface area contributed by atoms with Crippen molar-refractivity contribution in [1.82, 2.24) is 19.6 Å². The topological polar surface area (TPSA) is 99.7 Å². The molecule has 0 N–H and O–H groups in total. The van der Waals surface area contributed by atoms with Gasteiger partial charge in [0.05, 0.1) is 0 Å². The van der Waals surface area contributed by atoms with E-state index in [2.05, 4.69) is 0 Å². The molecule has 2 aliphatic heterocycles. The minimum absolute atomic E-state index is 0.219. The lowest BCUT2D eigenvalue weighted by Gasteiger charge is -2.28. The zero-order chi connectivity index (χ0) is 18.0. The molecule has 24 heavy (non-hydrogen) atoms. The summed E-state index contributed by atoms with van der Waals surface area (Å²) in [4.78, 5) is 53.1. The van der Waals surface area contributed by atoms with E-state index in [0.717, 1.165) is 0 Å². The van der Waals surface area contributed by atoms with Gasteiger partial charge in [-0.1, -0.05) is 0 Å². The van der Waals surface area contributed by atoms with Gasteiger partial charge in [0.2, 0.25) is 0 Å². The number of likely N-dealkylation sites (N-methyl/N-ethyl adjacent to an activating group) is 2. The SMILES string of the molecule is CCN1C(=O)N(CC)[C@@H]2[C@@H]1N(COC(C)=O)C(=O)N2COC(C)=O. The summed E-state index contributed by atoms with van der Waals surface area (Å²) in [6.07, 6.45) is -1.21. The number of hydrogen-bond donors (Lipinski definition) is 0. The van der Waals surface area contributed by atoms with Crippen molar-refractivity contribution in [2.45, 2.75) is 40.0 Å². The van der Waals surface area contributed by atoms with Crippen LogP contribution in [-0.2, 0) is 19.1 Å². The highest BCUT2D eigenvalue weighted by Gasteiger charge is 2.58. The van der Waals surface area contributed by atoms with Gasteiger partial charge in [-0.3, -0.25) is 19.4 Å². The van der Waals surface area contributed by atoms with Crippen molar-refractivity contribution in [3.63, 3.8) is 0 Å². The fourth-order valence-electron chi connectivity index (χ4n) is 2.99. The summed E-state index contributed by atoms with van der Waals surface area (Å²) in [7, 11) is 0. The Morgan fingerprint density at radius 1 is 0.792 bits per heavy atom. The highest BCUT2D eigenvalue weighted by molar-refractivity contribution is 5.85. The fraction of sp³-hybridized carbons (Fsp3) is 0.714. The van der Waals surface area contributed by atoms with E-state index in [-0.39, 0.29) is 19.5 Å². The van der Waals surface area contributed by atoms with Crippen LogP contribution in [0.4, 0.5) is 9.59 Å². The van der Waals surface area contributed by atoms with E-state index in [1.807, 2.05) is 0 Å². The maximum atomic E-state index is 12.7. The zero-order valence-corrected chi connectivity index (χ0v) is 14.2. The number of amides is 4. The molecule has 0 unspecified atom stereocenters. The maximum absolute atomic E-state index is 12.7. The largest absolute Gasteiger partial charge is 0.444 e. The van der Waals surface area contributed by atoms with E-state index < -0.39 is 30.3 Å². The van der Waals surface area contributed by atoms with Crippen LogP contribution in [0.1, 0.15) is 27.7 Å². The Hall–Kier alpha value is -2.52. The lowest BCUT2D eigenvalue weighted by molar-refractivity contribution is -0.146. The van der Waals surface area contributed by atoms with Gasteiger partial charge in [0.15, 0.2) is 25.8 Å². The fourth-order valence-corrected chi connectivity index (χ4v) is 2.99. The molecule has 10 nitrogen and oxygen atoms in total. The smallest absolute Gasteiger partial charge is 0.328 e. The number of carbonyl (C=O) groups is 4. The molecule has 2 saturated heterocycles. The number of esters is 2. The third kappa shape index (κ3) is 2.95. The Morgan fingerprint density at radius 3 is 1.42 bits per heavy atom. The van der Waals surface area contributed by atoms with Gasteiger partial charge in [0, 0.05) is 26.9 Å². The van der Waals surface area contributed by atoms with Crippen LogP contribution in [0.2, 0.25) is 0 Å².